The average Bonchev–Trinajstić information content (AvgIpc) is 3.13. The van der Waals surface area contributed by atoms with Crippen molar-refractivity contribution in [3.8, 4) is 0 Å². The van der Waals surface area contributed by atoms with Gasteiger partial charge in [0.2, 0.25) is 10.0 Å². The Hall–Kier alpha value is -1.38. The fraction of sp³-hybridized carbons (Fsp3) is 0.562. The van der Waals surface area contributed by atoms with E-state index in [9.17, 15) is 13.2 Å². The summed E-state index contributed by atoms with van der Waals surface area (Å²) < 4.78 is 37.5. The first kappa shape index (κ1) is 18.9. The van der Waals surface area contributed by atoms with Crippen LogP contribution in [0, 0.1) is 0 Å². The Morgan fingerprint density at radius 2 is 2.12 bits per heavy atom. The molecular formula is C16H25NO5SSi. The summed E-state index contributed by atoms with van der Waals surface area (Å²) >= 11 is 0. The van der Waals surface area contributed by atoms with Crippen molar-refractivity contribution >= 4 is 24.1 Å². The molecule has 1 aromatic heterocycles. The quantitative estimate of drug-likeness (QED) is 0.544. The number of esters is 1. The van der Waals surface area contributed by atoms with E-state index >= 15 is 0 Å². The predicted octanol–water partition coefficient (Wildman–Crippen LogP) is 2.79. The van der Waals surface area contributed by atoms with Crippen molar-refractivity contribution in [3.63, 3.8) is 0 Å². The number of furan rings is 1. The fourth-order valence-electron chi connectivity index (χ4n) is 2.54. The van der Waals surface area contributed by atoms with Crippen molar-refractivity contribution in [2.75, 3.05) is 18.9 Å². The molecule has 24 heavy (non-hydrogen) atoms. The number of ether oxygens (including phenoxy) is 1. The smallest absolute Gasteiger partial charge is 0.335 e. The van der Waals surface area contributed by atoms with Gasteiger partial charge >= 0.3 is 5.97 Å². The van der Waals surface area contributed by atoms with Crippen LogP contribution >= 0.6 is 0 Å². The van der Waals surface area contributed by atoms with Gasteiger partial charge in [-0.25, -0.2) is 13.2 Å². The molecule has 0 radical (unpaired) electrons. The molecule has 6 nitrogen and oxygen atoms in total. The third-order valence-electron chi connectivity index (χ3n) is 3.86. The molecule has 2 heterocycles. The Kier molecular flexibility index (Phi) is 5.72. The maximum atomic E-state index is 12.8. The molecule has 0 spiro atoms. The Bertz CT molecular complexity index is 703. The van der Waals surface area contributed by atoms with Crippen molar-refractivity contribution in [1.29, 1.82) is 0 Å². The van der Waals surface area contributed by atoms with Crippen molar-refractivity contribution < 1.29 is 22.4 Å². The third-order valence-corrected chi connectivity index (χ3v) is 7.77. The summed E-state index contributed by atoms with van der Waals surface area (Å²) in [5.41, 5.74) is 0.323. The molecule has 0 aromatic carbocycles. The van der Waals surface area contributed by atoms with Gasteiger partial charge in [0.15, 0.2) is 0 Å². The first-order valence-electron chi connectivity index (χ1n) is 8.06. The number of nitrogens with zero attached hydrogens (tertiary/aromatic N) is 1. The van der Waals surface area contributed by atoms with Gasteiger partial charge in [-0.15, -0.1) is 0 Å². The van der Waals surface area contributed by atoms with Gasteiger partial charge in [-0.2, -0.15) is 4.31 Å². The third kappa shape index (κ3) is 4.37. The lowest BCUT2D eigenvalue weighted by Gasteiger charge is -2.26. The molecule has 1 aliphatic heterocycles. The van der Waals surface area contributed by atoms with Crippen molar-refractivity contribution in [2.24, 2.45) is 0 Å². The standard InChI is InChI=1S/C16H25NO5SSi/c1-5-21-16(18)13-8-9-17(15(13)14-7-6-10-22-14)23(19,20)11-12-24(2,3)4/h6-8,10,15H,5,9,11-12H2,1-4H3. The SMILES string of the molecule is CCOC(=O)C1=CCN(S(=O)(=O)CC[Si](C)(C)C)C1c1ccco1. The Morgan fingerprint density at radius 3 is 2.67 bits per heavy atom. The normalized spacial score (nSPS) is 19.3. The maximum Gasteiger partial charge on any atom is 0.335 e. The van der Waals surface area contributed by atoms with Gasteiger partial charge in [0, 0.05) is 14.6 Å². The molecule has 0 bridgehead atoms. The van der Waals surface area contributed by atoms with Crippen molar-refractivity contribution in [2.45, 2.75) is 38.7 Å². The second kappa shape index (κ2) is 7.24. The van der Waals surface area contributed by atoms with E-state index in [2.05, 4.69) is 19.6 Å². The largest absolute Gasteiger partial charge is 0.467 e. The fourth-order valence-corrected chi connectivity index (χ4v) is 7.09. The summed E-state index contributed by atoms with van der Waals surface area (Å²) in [6.45, 7) is 8.53. The minimum atomic E-state index is -3.50. The van der Waals surface area contributed by atoms with E-state index in [4.69, 9.17) is 9.15 Å². The summed E-state index contributed by atoms with van der Waals surface area (Å²) in [6.07, 6.45) is 3.10. The molecule has 1 aliphatic rings. The molecule has 134 valence electrons. The van der Waals surface area contributed by atoms with E-state index in [0.717, 1.165) is 0 Å². The van der Waals surface area contributed by atoms with Crippen LogP contribution in [0.4, 0.5) is 0 Å². The zero-order valence-corrected chi connectivity index (χ0v) is 16.4. The van der Waals surface area contributed by atoms with Crippen LogP contribution in [0.25, 0.3) is 0 Å². The van der Waals surface area contributed by atoms with Crippen molar-refractivity contribution in [1.82, 2.24) is 4.31 Å². The van der Waals surface area contributed by atoms with Gasteiger partial charge in [0.1, 0.15) is 11.8 Å². The molecule has 0 fully saturated rings. The molecule has 1 unspecified atom stereocenters. The van der Waals surface area contributed by atoms with Crippen LogP contribution in [0.2, 0.25) is 25.7 Å². The molecule has 8 heteroatoms. The topological polar surface area (TPSA) is 76.8 Å². The number of carbonyl (C=O) groups is 1. The molecule has 0 aliphatic carbocycles. The van der Waals surface area contributed by atoms with Crippen LogP contribution < -0.4 is 0 Å². The number of rotatable bonds is 7. The van der Waals surface area contributed by atoms with Crippen LogP contribution in [0.5, 0.6) is 0 Å². The average molecular weight is 372 g/mol. The van der Waals surface area contributed by atoms with Crippen LogP contribution in [-0.2, 0) is 19.6 Å². The lowest BCUT2D eigenvalue weighted by Crippen LogP contribution is -2.37. The molecule has 2 rings (SSSR count). The van der Waals surface area contributed by atoms with E-state index in [-0.39, 0.29) is 18.9 Å². The summed E-state index contributed by atoms with van der Waals surface area (Å²) in [5.74, 6) is 0.0225. The summed E-state index contributed by atoms with van der Waals surface area (Å²) in [6, 6.07) is 3.30. The minimum absolute atomic E-state index is 0.0872. The van der Waals surface area contributed by atoms with Crippen LogP contribution in [0.1, 0.15) is 18.7 Å². The Morgan fingerprint density at radius 1 is 1.42 bits per heavy atom. The van der Waals surface area contributed by atoms with Gasteiger partial charge in [-0.1, -0.05) is 25.7 Å². The molecule has 0 N–H and O–H groups in total. The van der Waals surface area contributed by atoms with Crippen LogP contribution in [-0.4, -0.2) is 45.7 Å². The van der Waals surface area contributed by atoms with E-state index in [0.29, 0.717) is 17.4 Å². The highest BCUT2D eigenvalue weighted by Gasteiger charge is 2.42. The molecule has 0 saturated heterocycles. The van der Waals surface area contributed by atoms with E-state index in [1.165, 1.54) is 10.6 Å². The second-order valence-corrected chi connectivity index (χ2v) is 14.7. The van der Waals surface area contributed by atoms with Gasteiger partial charge in [-0.3, -0.25) is 0 Å². The first-order valence-corrected chi connectivity index (χ1v) is 13.4. The highest BCUT2D eigenvalue weighted by atomic mass is 32.2. The molecule has 1 atom stereocenters. The van der Waals surface area contributed by atoms with Crippen molar-refractivity contribution in [3.05, 3.63) is 35.8 Å². The number of sulfonamides is 1. The summed E-state index contributed by atoms with van der Waals surface area (Å²) in [5, 5.41) is 0. The highest BCUT2D eigenvalue weighted by Crippen LogP contribution is 2.37. The van der Waals surface area contributed by atoms with Crippen LogP contribution in [0.15, 0.2) is 34.5 Å². The molecular weight excluding hydrogens is 346 g/mol. The zero-order valence-electron chi connectivity index (χ0n) is 14.6. The summed E-state index contributed by atoms with van der Waals surface area (Å²) in [7, 11) is -5.00. The van der Waals surface area contributed by atoms with E-state index in [1.54, 1.807) is 25.1 Å². The van der Waals surface area contributed by atoms with Gasteiger partial charge < -0.3 is 9.15 Å². The van der Waals surface area contributed by atoms with E-state index < -0.39 is 30.1 Å². The predicted molar refractivity (Wildman–Crippen MR) is 94.8 cm³/mol. The second-order valence-electron chi connectivity index (χ2n) is 6.99. The Labute approximate surface area is 144 Å². The highest BCUT2D eigenvalue weighted by molar-refractivity contribution is 7.89. The Balaban J connectivity index is 2.29. The number of hydrogen-bond donors (Lipinski definition) is 0. The van der Waals surface area contributed by atoms with Crippen LogP contribution in [0.3, 0.4) is 0 Å². The maximum absolute atomic E-state index is 12.8. The van der Waals surface area contributed by atoms with Gasteiger partial charge in [0.25, 0.3) is 0 Å². The monoisotopic (exact) mass is 371 g/mol. The number of hydrogen-bond acceptors (Lipinski definition) is 5. The van der Waals surface area contributed by atoms with Gasteiger partial charge in [0.05, 0.1) is 24.2 Å². The lowest BCUT2D eigenvalue weighted by molar-refractivity contribution is -0.139. The molecule has 0 saturated carbocycles. The summed E-state index contributed by atoms with van der Waals surface area (Å²) in [4.78, 5) is 12.2. The van der Waals surface area contributed by atoms with E-state index in [1.807, 2.05) is 0 Å². The minimum Gasteiger partial charge on any atom is -0.467 e. The molecule has 0 amide bonds. The molecule has 1 aromatic rings. The van der Waals surface area contributed by atoms with Gasteiger partial charge in [-0.05, 0) is 25.1 Å². The number of carbonyl (C=O) groups excluding carboxylic acids is 1. The zero-order chi connectivity index (χ0) is 18.0. The first-order chi connectivity index (χ1) is 11.2. The lowest BCUT2D eigenvalue weighted by atomic mass is 10.1.